The van der Waals surface area contributed by atoms with Crippen molar-refractivity contribution in [1.82, 2.24) is 15.5 Å². The summed E-state index contributed by atoms with van der Waals surface area (Å²) in [5, 5.41) is 5.84. The number of rotatable bonds is 9. The molecule has 3 aliphatic heterocycles. The van der Waals surface area contributed by atoms with Crippen LogP contribution in [0.4, 0.5) is 0 Å². The number of amides is 3. The number of ketones is 2. The van der Waals surface area contributed by atoms with Crippen molar-refractivity contribution in [3.8, 4) is 0 Å². The van der Waals surface area contributed by atoms with E-state index in [0.29, 0.717) is 58.1 Å². The van der Waals surface area contributed by atoms with E-state index >= 15 is 0 Å². The number of fused-ring (bicyclic) bond motifs is 1. The highest BCUT2D eigenvalue weighted by atomic mass is 16.6. The number of unbranched alkanes of at least 4 members (excludes halogenated alkanes) is 2. The van der Waals surface area contributed by atoms with Gasteiger partial charge in [-0.1, -0.05) is 71.9 Å². The van der Waals surface area contributed by atoms with Crippen LogP contribution in [-0.2, 0) is 35.1 Å². The number of Topliss-reactive ketones (excluding diaryl/α,β-unsaturated/α-hetero) is 2. The highest BCUT2D eigenvalue weighted by Gasteiger charge is 2.42. The summed E-state index contributed by atoms with van der Waals surface area (Å²) in [7, 11) is 0. The largest absolute Gasteiger partial charge is 0.365 e. The second kappa shape index (κ2) is 14.5. The lowest BCUT2D eigenvalue weighted by molar-refractivity contribution is -0.145. The maximum atomic E-state index is 13.7. The lowest BCUT2D eigenvalue weighted by Gasteiger charge is -2.34. The summed E-state index contributed by atoms with van der Waals surface area (Å²) in [5.41, 5.74) is -0.158. The van der Waals surface area contributed by atoms with Crippen LogP contribution in [0, 0.1) is 5.41 Å². The van der Waals surface area contributed by atoms with E-state index in [1.807, 2.05) is 30.3 Å². The molecule has 4 atom stereocenters. The molecule has 0 aliphatic carbocycles. The van der Waals surface area contributed by atoms with Crippen LogP contribution in [0.25, 0.3) is 0 Å². The average Bonchev–Trinajstić information content (AvgIpc) is 3.62. The minimum absolute atomic E-state index is 0. The highest BCUT2D eigenvalue weighted by Crippen LogP contribution is 2.26. The summed E-state index contributed by atoms with van der Waals surface area (Å²) < 4.78 is 5.02. The number of nitrogens with one attached hydrogen (secondary N) is 2. The van der Waals surface area contributed by atoms with Crippen molar-refractivity contribution in [1.29, 1.82) is 0 Å². The van der Waals surface area contributed by atoms with Gasteiger partial charge in [-0.15, -0.1) is 0 Å². The maximum Gasteiger partial charge on any atom is 0.246 e. The van der Waals surface area contributed by atoms with Gasteiger partial charge in [0.05, 0.1) is 18.1 Å². The number of benzene rings is 1. The summed E-state index contributed by atoms with van der Waals surface area (Å²) in [4.78, 5) is 67.2. The van der Waals surface area contributed by atoms with Crippen LogP contribution in [0.5, 0.6) is 0 Å². The van der Waals surface area contributed by atoms with E-state index in [1.165, 1.54) is 0 Å². The molecule has 0 spiro atoms. The van der Waals surface area contributed by atoms with Gasteiger partial charge in [-0.05, 0) is 31.2 Å². The SMILES string of the molecule is C.C.CC1(C)CC(=O)[C@H](CCCCCC(=O)[C@@H]2CO2)NC(=O)[C@H]2CCCN2C(=O)[C@H](Cc2ccccc2)NC1=O. The number of hydrogen-bond donors (Lipinski definition) is 2. The quantitative estimate of drug-likeness (QED) is 0.354. The molecule has 3 heterocycles. The standard InChI is InChI=1S/C29H39N3O6.2CH4/c1-29(2)17-24(34)20(12-7-4-8-14-23(33)25-18-38-25)30-26(35)22-13-9-15-32(22)27(36)21(31-28(29)37)16-19-10-5-3-6-11-19;;/h3,5-6,10-11,20-22,25H,4,7-9,12-18H2,1-2H3,(H,30,35)(H,31,37);2*1H4/t20-,21-,22+,25-;;/m0../s1. The van der Waals surface area contributed by atoms with Gasteiger partial charge < -0.3 is 20.3 Å². The first kappa shape index (κ1) is 33.1. The lowest BCUT2D eigenvalue weighted by Crippen LogP contribution is -2.58. The van der Waals surface area contributed by atoms with Crippen LogP contribution in [0.15, 0.2) is 30.3 Å². The van der Waals surface area contributed by atoms with E-state index in [-0.39, 0.29) is 56.7 Å². The van der Waals surface area contributed by atoms with E-state index < -0.39 is 23.5 Å². The Hall–Kier alpha value is -3.07. The first-order valence-corrected chi connectivity index (χ1v) is 13.8. The molecule has 3 amide bonds. The van der Waals surface area contributed by atoms with Gasteiger partial charge in [0.2, 0.25) is 17.7 Å². The molecule has 40 heavy (non-hydrogen) atoms. The number of nitrogens with zero attached hydrogens (tertiary/aromatic N) is 1. The summed E-state index contributed by atoms with van der Waals surface area (Å²) in [6.07, 6.45) is 4.20. The summed E-state index contributed by atoms with van der Waals surface area (Å²) in [6, 6.07) is 7.21. The Balaban J connectivity index is 0.00000280. The average molecular weight is 558 g/mol. The molecular weight excluding hydrogens is 510 g/mol. The van der Waals surface area contributed by atoms with Gasteiger partial charge in [-0.25, -0.2) is 0 Å². The fraction of sp³-hybridized carbons (Fsp3) is 0.645. The fourth-order valence-electron chi connectivity index (χ4n) is 5.35. The molecule has 0 saturated carbocycles. The number of carbonyl (C=O) groups is 5. The summed E-state index contributed by atoms with van der Waals surface area (Å²) >= 11 is 0. The third kappa shape index (κ3) is 8.46. The second-order valence-electron chi connectivity index (χ2n) is 11.4. The number of carbonyl (C=O) groups excluding carboxylic acids is 5. The minimum Gasteiger partial charge on any atom is -0.365 e. The zero-order valence-electron chi connectivity index (χ0n) is 22.4. The van der Waals surface area contributed by atoms with Crippen LogP contribution < -0.4 is 10.6 Å². The maximum absolute atomic E-state index is 13.7. The van der Waals surface area contributed by atoms with Gasteiger partial charge in [-0.3, -0.25) is 24.0 Å². The van der Waals surface area contributed by atoms with Gasteiger partial charge >= 0.3 is 0 Å². The Morgan fingerprint density at radius 2 is 1.70 bits per heavy atom. The van der Waals surface area contributed by atoms with E-state index in [1.54, 1.807) is 18.7 Å². The van der Waals surface area contributed by atoms with Gasteiger partial charge in [0.25, 0.3) is 0 Å². The van der Waals surface area contributed by atoms with E-state index in [0.717, 1.165) is 12.0 Å². The number of hydrogen-bond acceptors (Lipinski definition) is 6. The molecule has 3 saturated heterocycles. The molecule has 4 rings (SSSR count). The summed E-state index contributed by atoms with van der Waals surface area (Å²) in [6.45, 7) is 4.33. The summed E-state index contributed by atoms with van der Waals surface area (Å²) in [5.74, 6) is -1.04. The molecular formula is C31H47N3O6. The topological polar surface area (TPSA) is 125 Å². The van der Waals surface area contributed by atoms with E-state index in [4.69, 9.17) is 4.74 Å². The Morgan fingerprint density at radius 3 is 2.38 bits per heavy atom. The van der Waals surface area contributed by atoms with Crippen LogP contribution in [0.2, 0.25) is 0 Å². The molecule has 3 aliphatic rings. The zero-order chi connectivity index (χ0) is 27.3. The van der Waals surface area contributed by atoms with E-state index in [9.17, 15) is 24.0 Å². The highest BCUT2D eigenvalue weighted by molar-refractivity contribution is 5.98. The van der Waals surface area contributed by atoms with Crippen LogP contribution in [-0.4, -0.2) is 71.6 Å². The molecule has 3 fully saturated rings. The van der Waals surface area contributed by atoms with Crippen molar-refractivity contribution in [2.45, 2.75) is 111 Å². The van der Waals surface area contributed by atoms with Crippen molar-refractivity contribution in [2.75, 3.05) is 13.2 Å². The molecule has 0 aromatic heterocycles. The van der Waals surface area contributed by atoms with Crippen molar-refractivity contribution in [3.05, 3.63) is 35.9 Å². The molecule has 1 aromatic carbocycles. The zero-order valence-corrected chi connectivity index (χ0v) is 22.4. The first-order valence-electron chi connectivity index (χ1n) is 13.8. The van der Waals surface area contributed by atoms with Crippen LogP contribution in [0.3, 0.4) is 0 Å². The van der Waals surface area contributed by atoms with E-state index in [2.05, 4.69) is 10.6 Å². The van der Waals surface area contributed by atoms with Gasteiger partial charge in [-0.2, -0.15) is 0 Å². The molecule has 9 nitrogen and oxygen atoms in total. The van der Waals surface area contributed by atoms with Gasteiger partial charge in [0.1, 0.15) is 18.2 Å². The Bertz CT molecular complexity index is 1050. The monoisotopic (exact) mass is 557 g/mol. The van der Waals surface area contributed by atoms with Crippen molar-refractivity contribution in [3.63, 3.8) is 0 Å². The Labute approximate surface area is 238 Å². The van der Waals surface area contributed by atoms with Crippen molar-refractivity contribution in [2.24, 2.45) is 5.41 Å². The minimum atomic E-state index is -1.06. The smallest absolute Gasteiger partial charge is 0.246 e. The molecule has 9 heteroatoms. The third-order valence-corrected chi connectivity index (χ3v) is 7.77. The Kier molecular flexibility index (Phi) is 12.0. The normalized spacial score (nSPS) is 26.2. The second-order valence-corrected chi connectivity index (χ2v) is 11.4. The van der Waals surface area contributed by atoms with Crippen LogP contribution >= 0.6 is 0 Å². The van der Waals surface area contributed by atoms with Gasteiger partial charge in [0.15, 0.2) is 11.6 Å². The lowest BCUT2D eigenvalue weighted by atomic mass is 9.83. The Morgan fingerprint density at radius 1 is 1.00 bits per heavy atom. The molecule has 0 radical (unpaired) electrons. The van der Waals surface area contributed by atoms with Crippen molar-refractivity contribution >= 4 is 29.3 Å². The van der Waals surface area contributed by atoms with Crippen molar-refractivity contribution < 1.29 is 28.7 Å². The number of epoxide rings is 1. The first-order chi connectivity index (χ1) is 18.2. The molecule has 0 bridgehead atoms. The third-order valence-electron chi connectivity index (χ3n) is 7.77. The number of ether oxygens (including phenoxy) is 1. The molecule has 2 N–H and O–H groups in total. The predicted octanol–water partition coefficient (Wildman–Crippen LogP) is 3.38. The fourth-order valence-corrected chi connectivity index (χ4v) is 5.35. The predicted molar refractivity (Wildman–Crippen MR) is 153 cm³/mol. The molecule has 0 unspecified atom stereocenters. The molecule has 1 aromatic rings. The molecule has 222 valence electrons. The van der Waals surface area contributed by atoms with Crippen LogP contribution in [0.1, 0.15) is 85.6 Å². The van der Waals surface area contributed by atoms with Gasteiger partial charge in [0, 0.05) is 25.8 Å².